The van der Waals surface area contributed by atoms with E-state index in [9.17, 15) is 29.4 Å². The molecule has 2 unspecified atom stereocenters. The van der Waals surface area contributed by atoms with Crippen LogP contribution in [0.1, 0.15) is 129 Å². The number of nitrogens with zero attached hydrogens (tertiary/aromatic N) is 2. The number of carbonyl (C=O) groups excluding carboxylic acids is 3. The molecule has 2 saturated carbocycles. The van der Waals surface area contributed by atoms with Crippen LogP contribution in [0.3, 0.4) is 0 Å². The molecular formula is C54H62N2O9. The highest BCUT2D eigenvalue weighted by atomic mass is 16.6. The Hall–Kier alpha value is -6.14. The van der Waals surface area contributed by atoms with E-state index in [-0.39, 0.29) is 34.9 Å². The topological polar surface area (TPSA) is 143 Å². The van der Waals surface area contributed by atoms with Gasteiger partial charge in [-0.05, 0) is 139 Å². The summed E-state index contributed by atoms with van der Waals surface area (Å²) in [5.74, 6) is -1.77. The van der Waals surface area contributed by atoms with Crippen molar-refractivity contribution in [1.29, 1.82) is 0 Å². The Morgan fingerprint density at radius 3 is 1.42 bits per heavy atom. The molecular weight excluding hydrogens is 821 g/mol. The van der Waals surface area contributed by atoms with E-state index in [1.807, 2.05) is 101 Å². The van der Waals surface area contributed by atoms with Gasteiger partial charge in [-0.2, -0.15) is 0 Å². The smallest absolute Gasteiger partial charge is 0.344 e. The first-order valence-electron chi connectivity index (χ1n) is 22.6. The molecule has 11 nitrogen and oxygen atoms in total. The minimum Gasteiger partial charge on any atom is -0.478 e. The lowest BCUT2D eigenvalue weighted by molar-refractivity contribution is -0.0575. The standard InChI is InChI=1S/C30H33NO4.C24H29NO5/c1-31(2)22-27(23-16-18-26(19-17-23)34-28(32)24-12-6-3-7-13-24)30(20-10-5-11-21-30)35-29(33)25-14-8-4-9-15-25;1-25(2)16-21(24(29)14-6-3-7-15-24)17-10-12-18(13-11-17)30-23(28)20-9-5-4-8-19(20)22(26)27/h3-4,6-9,12-19,27H,5,10-11,20-22H2,1-2H3;4-5,8-13,21,29H,3,6-7,14-16H2,1-2H3,(H,26,27). The molecule has 0 spiro atoms. The van der Waals surface area contributed by atoms with Gasteiger partial charge < -0.3 is 34.2 Å². The zero-order valence-electron chi connectivity index (χ0n) is 38.0. The van der Waals surface area contributed by atoms with E-state index in [4.69, 9.17) is 14.2 Å². The van der Waals surface area contributed by atoms with Crippen molar-refractivity contribution in [3.05, 3.63) is 167 Å². The van der Waals surface area contributed by atoms with Crippen LogP contribution in [-0.2, 0) is 4.74 Å². The molecule has 342 valence electrons. The zero-order chi connectivity index (χ0) is 46.4. The van der Waals surface area contributed by atoms with Crippen LogP contribution in [-0.4, -0.2) is 96.4 Å². The molecule has 0 aliphatic heterocycles. The van der Waals surface area contributed by atoms with Crippen LogP contribution in [0.2, 0.25) is 0 Å². The summed E-state index contributed by atoms with van der Waals surface area (Å²) in [5.41, 5.74) is 1.75. The summed E-state index contributed by atoms with van der Waals surface area (Å²) in [6, 6.07) is 39.0. The number of hydrogen-bond acceptors (Lipinski definition) is 10. The number of carboxylic acid groups (broad SMARTS) is 1. The first kappa shape index (κ1) is 48.3. The van der Waals surface area contributed by atoms with Gasteiger partial charge in [0.25, 0.3) is 0 Å². The van der Waals surface area contributed by atoms with Crippen LogP contribution in [0.4, 0.5) is 0 Å². The summed E-state index contributed by atoms with van der Waals surface area (Å²) in [5, 5.41) is 20.6. The minimum absolute atomic E-state index is 0.00987. The van der Waals surface area contributed by atoms with Gasteiger partial charge in [0.1, 0.15) is 17.1 Å². The van der Waals surface area contributed by atoms with Crippen molar-refractivity contribution in [3.63, 3.8) is 0 Å². The van der Waals surface area contributed by atoms with Gasteiger partial charge >= 0.3 is 23.9 Å². The highest BCUT2D eigenvalue weighted by Crippen LogP contribution is 2.45. The number of carbonyl (C=O) groups is 4. The Balaban J connectivity index is 0.000000218. The van der Waals surface area contributed by atoms with Gasteiger partial charge in [0.15, 0.2) is 0 Å². The molecule has 5 aromatic rings. The zero-order valence-corrected chi connectivity index (χ0v) is 38.0. The molecule has 0 amide bonds. The van der Waals surface area contributed by atoms with Crippen LogP contribution in [0, 0.1) is 0 Å². The molecule has 0 saturated heterocycles. The molecule has 2 fully saturated rings. The Kier molecular flexibility index (Phi) is 16.8. The summed E-state index contributed by atoms with van der Waals surface area (Å²) in [6.07, 6.45) is 9.64. The summed E-state index contributed by atoms with van der Waals surface area (Å²) in [7, 11) is 8.07. The normalized spacial score (nSPS) is 16.3. The molecule has 2 aliphatic rings. The van der Waals surface area contributed by atoms with Gasteiger partial charge in [0, 0.05) is 24.9 Å². The molecule has 2 atom stereocenters. The van der Waals surface area contributed by atoms with Gasteiger partial charge in [-0.15, -0.1) is 0 Å². The molecule has 0 heterocycles. The quantitative estimate of drug-likeness (QED) is 0.0766. The first-order chi connectivity index (χ1) is 31.3. The van der Waals surface area contributed by atoms with Crippen LogP contribution in [0.5, 0.6) is 11.5 Å². The van der Waals surface area contributed by atoms with Crippen LogP contribution in [0.15, 0.2) is 133 Å². The molecule has 7 rings (SSSR count). The summed E-state index contributed by atoms with van der Waals surface area (Å²) in [6.45, 7) is 1.47. The highest BCUT2D eigenvalue weighted by molar-refractivity contribution is 6.03. The van der Waals surface area contributed by atoms with Crippen molar-refractivity contribution >= 4 is 23.9 Å². The monoisotopic (exact) mass is 882 g/mol. The van der Waals surface area contributed by atoms with Crippen molar-refractivity contribution in [1.82, 2.24) is 9.80 Å². The van der Waals surface area contributed by atoms with Crippen molar-refractivity contribution < 1.29 is 43.6 Å². The second-order valence-electron chi connectivity index (χ2n) is 17.8. The van der Waals surface area contributed by atoms with Crippen LogP contribution < -0.4 is 9.47 Å². The van der Waals surface area contributed by atoms with Gasteiger partial charge in [-0.3, -0.25) is 0 Å². The lowest BCUT2D eigenvalue weighted by Crippen LogP contribution is -2.46. The Morgan fingerprint density at radius 2 is 0.923 bits per heavy atom. The van der Waals surface area contributed by atoms with Crippen molar-refractivity contribution in [2.75, 3.05) is 41.3 Å². The lowest BCUT2D eigenvalue weighted by Gasteiger charge is -2.44. The van der Waals surface area contributed by atoms with Crippen LogP contribution in [0.25, 0.3) is 0 Å². The number of likely N-dealkylation sites (N-methyl/N-ethyl adjacent to an activating group) is 2. The number of rotatable bonds is 15. The average molecular weight is 883 g/mol. The predicted octanol–water partition coefficient (Wildman–Crippen LogP) is 10.1. The van der Waals surface area contributed by atoms with Crippen molar-refractivity contribution in [2.24, 2.45) is 0 Å². The molecule has 5 aromatic carbocycles. The van der Waals surface area contributed by atoms with Gasteiger partial charge in [0.2, 0.25) is 0 Å². The van der Waals surface area contributed by atoms with Crippen molar-refractivity contribution in [3.8, 4) is 11.5 Å². The van der Waals surface area contributed by atoms with E-state index in [0.717, 1.165) is 88.4 Å². The third kappa shape index (κ3) is 13.0. The third-order valence-corrected chi connectivity index (χ3v) is 12.5. The van der Waals surface area contributed by atoms with Crippen molar-refractivity contribution in [2.45, 2.75) is 87.2 Å². The average Bonchev–Trinajstić information content (AvgIpc) is 3.31. The number of ether oxygens (including phenoxy) is 3. The Labute approximate surface area is 383 Å². The Morgan fingerprint density at radius 1 is 0.508 bits per heavy atom. The second-order valence-corrected chi connectivity index (χ2v) is 17.8. The van der Waals surface area contributed by atoms with Crippen LogP contribution >= 0.6 is 0 Å². The van der Waals surface area contributed by atoms with E-state index in [2.05, 4.69) is 9.80 Å². The van der Waals surface area contributed by atoms with E-state index in [1.54, 1.807) is 48.5 Å². The number of esters is 3. The fourth-order valence-corrected chi connectivity index (χ4v) is 9.18. The summed E-state index contributed by atoms with van der Waals surface area (Å²) in [4.78, 5) is 53.6. The molecule has 2 N–H and O–H groups in total. The number of hydrogen-bond donors (Lipinski definition) is 2. The molecule has 2 aliphatic carbocycles. The van der Waals surface area contributed by atoms with E-state index >= 15 is 0 Å². The number of carboxylic acids is 1. The molecule has 11 heteroatoms. The highest BCUT2D eigenvalue weighted by Gasteiger charge is 2.45. The maximum atomic E-state index is 13.2. The van der Waals surface area contributed by atoms with Gasteiger partial charge in [-0.1, -0.05) is 98.5 Å². The summed E-state index contributed by atoms with van der Waals surface area (Å²) < 4.78 is 17.4. The third-order valence-electron chi connectivity index (χ3n) is 12.5. The van der Waals surface area contributed by atoms with E-state index in [1.165, 1.54) is 12.1 Å². The number of benzene rings is 5. The lowest BCUT2D eigenvalue weighted by atomic mass is 9.72. The maximum absolute atomic E-state index is 13.2. The Bertz CT molecular complexity index is 2320. The fourth-order valence-electron chi connectivity index (χ4n) is 9.18. The number of aromatic carboxylic acids is 1. The SMILES string of the molecule is CN(C)CC(c1ccc(OC(=O)c2ccccc2)cc1)C1(OC(=O)c2ccccc2)CCCCC1.CN(C)CC(c1ccc(OC(=O)c2ccccc2C(=O)O)cc1)C1(O)CCCCC1. The van der Waals surface area contributed by atoms with Gasteiger partial charge in [-0.25, -0.2) is 19.2 Å². The predicted molar refractivity (Wildman–Crippen MR) is 251 cm³/mol. The summed E-state index contributed by atoms with van der Waals surface area (Å²) >= 11 is 0. The maximum Gasteiger partial charge on any atom is 0.344 e. The minimum atomic E-state index is -1.18. The second kappa shape index (κ2) is 22.7. The first-order valence-corrected chi connectivity index (χ1v) is 22.6. The molecule has 0 radical (unpaired) electrons. The van der Waals surface area contributed by atoms with E-state index < -0.39 is 23.1 Å². The largest absolute Gasteiger partial charge is 0.478 e. The fraction of sp³-hybridized carbons (Fsp3) is 0.370. The molecule has 65 heavy (non-hydrogen) atoms. The molecule has 0 bridgehead atoms. The molecule has 0 aromatic heterocycles. The van der Waals surface area contributed by atoms with E-state index in [0.29, 0.717) is 22.6 Å². The number of aliphatic hydroxyl groups is 1. The van der Waals surface area contributed by atoms with Gasteiger partial charge in [0.05, 0.1) is 27.9 Å².